The van der Waals surface area contributed by atoms with Gasteiger partial charge in [-0.15, -0.1) is 0 Å². The molecule has 19 heavy (non-hydrogen) atoms. The SMILES string of the molecule is CCCOc1cc(C(=CC(=O)O)CCC)ccc1O. The van der Waals surface area contributed by atoms with E-state index in [1.165, 1.54) is 12.1 Å². The quantitative estimate of drug-likeness (QED) is 0.740. The number of carboxylic acid groups (broad SMARTS) is 1. The fourth-order valence-electron chi connectivity index (χ4n) is 1.76. The van der Waals surface area contributed by atoms with E-state index in [0.717, 1.165) is 24.0 Å². The second-order valence-electron chi connectivity index (χ2n) is 4.29. The van der Waals surface area contributed by atoms with Crippen molar-refractivity contribution >= 4 is 11.5 Å². The summed E-state index contributed by atoms with van der Waals surface area (Å²) in [5.41, 5.74) is 1.50. The first-order chi connectivity index (χ1) is 9.08. The molecule has 4 nitrogen and oxygen atoms in total. The van der Waals surface area contributed by atoms with Gasteiger partial charge < -0.3 is 14.9 Å². The van der Waals surface area contributed by atoms with Crippen molar-refractivity contribution in [3.63, 3.8) is 0 Å². The van der Waals surface area contributed by atoms with Gasteiger partial charge in [0, 0.05) is 6.08 Å². The number of benzene rings is 1. The highest BCUT2D eigenvalue weighted by Crippen LogP contribution is 2.31. The molecule has 0 aliphatic carbocycles. The van der Waals surface area contributed by atoms with Gasteiger partial charge in [-0.2, -0.15) is 0 Å². The topological polar surface area (TPSA) is 66.8 Å². The maximum Gasteiger partial charge on any atom is 0.328 e. The van der Waals surface area contributed by atoms with Gasteiger partial charge in [0.25, 0.3) is 0 Å². The van der Waals surface area contributed by atoms with Gasteiger partial charge in [-0.1, -0.05) is 26.3 Å². The third-order valence-corrected chi connectivity index (χ3v) is 2.61. The van der Waals surface area contributed by atoms with Crippen LogP contribution in [0.4, 0.5) is 0 Å². The highest BCUT2D eigenvalue weighted by atomic mass is 16.5. The van der Waals surface area contributed by atoms with Crippen LogP contribution >= 0.6 is 0 Å². The first-order valence-corrected chi connectivity index (χ1v) is 6.48. The Morgan fingerprint density at radius 1 is 1.32 bits per heavy atom. The molecule has 0 amide bonds. The molecule has 0 radical (unpaired) electrons. The second kappa shape index (κ2) is 7.46. The van der Waals surface area contributed by atoms with Crippen molar-refractivity contribution in [2.75, 3.05) is 6.61 Å². The van der Waals surface area contributed by atoms with Crippen molar-refractivity contribution in [2.24, 2.45) is 0 Å². The summed E-state index contributed by atoms with van der Waals surface area (Å²) in [6.07, 6.45) is 3.57. The molecular formula is C15H20O4. The number of rotatable bonds is 7. The normalized spacial score (nSPS) is 11.4. The van der Waals surface area contributed by atoms with E-state index in [4.69, 9.17) is 9.84 Å². The lowest BCUT2D eigenvalue weighted by Crippen LogP contribution is -1.97. The lowest BCUT2D eigenvalue weighted by Gasteiger charge is -2.11. The molecular weight excluding hydrogens is 244 g/mol. The van der Waals surface area contributed by atoms with E-state index in [0.29, 0.717) is 18.8 Å². The molecule has 0 saturated carbocycles. The van der Waals surface area contributed by atoms with E-state index >= 15 is 0 Å². The number of carbonyl (C=O) groups is 1. The Kier molecular flexibility index (Phi) is 5.93. The first kappa shape index (κ1) is 15.1. The van der Waals surface area contributed by atoms with Crippen LogP contribution in [0.2, 0.25) is 0 Å². The van der Waals surface area contributed by atoms with Crippen LogP contribution in [0, 0.1) is 0 Å². The molecule has 0 spiro atoms. The van der Waals surface area contributed by atoms with Gasteiger partial charge in [0.1, 0.15) is 0 Å². The van der Waals surface area contributed by atoms with Gasteiger partial charge in [0.05, 0.1) is 6.61 Å². The number of allylic oxidation sites excluding steroid dienone is 1. The standard InChI is InChI=1S/C15H20O4/c1-3-5-11(10-15(17)18)12-6-7-13(16)14(9-12)19-8-4-2/h6-7,9-10,16H,3-5,8H2,1-2H3,(H,17,18). The lowest BCUT2D eigenvalue weighted by atomic mass is 10.0. The van der Waals surface area contributed by atoms with Crippen molar-refractivity contribution in [1.29, 1.82) is 0 Å². The second-order valence-corrected chi connectivity index (χ2v) is 4.29. The van der Waals surface area contributed by atoms with Gasteiger partial charge >= 0.3 is 5.97 Å². The first-order valence-electron chi connectivity index (χ1n) is 6.48. The summed E-state index contributed by atoms with van der Waals surface area (Å²) in [5.74, 6) is -0.498. The predicted molar refractivity (Wildman–Crippen MR) is 74.4 cm³/mol. The van der Waals surface area contributed by atoms with Gasteiger partial charge in [0.15, 0.2) is 11.5 Å². The van der Waals surface area contributed by atoms with Crippen LogP contribution in [0.15, 0.2) is 24.3 Å². The summed E-state index contributed by atoms with van der Waals surface area (Å²) in [4.78, 5) is 10.8. The lowest BCUT2D eigenvalue weighted by molar-refractivity contribution is -0.131. The monoisotopic (exact) mass is 264 g/mol. The van der Waals surface area contributed by atoms with Crippen LogP contribution in [-0.2, 0) is 4.79 Å². The number of ether oxygens (including phenoxy) is 1. The van der Waals surface area contributed by atoms with Gasteiger partial charge in [-0.3, -0.25) is 0 Å². The van der Waals surface area contributed by atoms with Crippen LogP contribution in [0.3, 0.4) is 0 Å². The summed E-state index contributed by atoms with van der Waals surface area (Å²) < 4.78 is 5.44. The van der Waals surface area contributed by atoms with Crippen LogP contribution in [0.1, 0.15) is 38.7 Å². The molecule has 1 rings (SSSR count). The molecule has 0 saturated heterocycles. The summed E-state index contributed by atoms with van der Waals surface area (Å²) in [7, 11) is 0. The average Bonchev–Trinajstić information content (AvgIpc) is 2.37. The Balaban J connectivity index is 3.07. The number of aliphatic carboxylic acids is 1. The summed E-state index contributed by atoms with van der Waals surface area (Å²) in [6, 6.07) is 4.93. The van der Waals surface area contributed by atoms with Crippen LogP contribution in [0.25, 0.3) is 5.57 Å². The molecule has 0 atom stereocenters. The van der Waals surface area contributed by atoms with Crippen LogP contribution in [0.5, 0.6) is 11.5 Å². The minimum atomic E-state index is -0.965. The zero-order chi connectivity index (χ0) is 14.3. The molecule has 1 aromatic rings. The molecule has 0 heterocycles. The fraction of sp³-hybridized carbons (Fsp3) is 0.400. The highest BCUT2D eigenvalue weighted by Gasteiger charge is 2.08. The van der Waals surface area contributed by atoms with E-state index < -0.39 is 5.97 Å². The third kappa shape index (κ3) is 4.66. The summed E-state index contributed by atoms with van der Waals surface area (Å²) >= 11 is 0. The molecule has 0 aliphatic heterocycles. The summed E-state index contributed by atoms with van der Waals surface area (Å²) in [5, 5.41) is 18.6. The Labute approximate surface area is 113 Å². The van der Waals surface area contributed by atoms with Crippen LogP contribution < -0.4 is 4.74 Å². The number of carboxylic acids is 1. The Morgan fingerprint density at radius 2 is 2.05 bits per heavy atom. The summed E-state index contributed by atoms with van der Waals surface area (Å²) in [6.45, 7) is 4.49. The van der Waals surface area contributed by atoms with Crippen molar-refractivity contribution < 1.29 is 19.7 Å². The van der Waals surface area contributed by atoms with Gasteiger partial charge in [-0.05, 0) is 36.1 Å². The maximum atomic E-state index is 10.8. The Bertz CT molecular complexity index is 463. The largest absolute Gasteiger partial charge is 0.504 e. The van der Waals surface area contributed by atoms with Gasteiger partial charge in [0.2, 0.25) is 0 Å². The zero-order valence-corrected chi connectivity index (χ0v) is 11.3. The maximum absolute atomic E-state index is 10.8. The van der Waals surface area contributed by atoms with Gasteiger partial charge in [-0.25, -0.2) is 4.79 Å². The van der Waals surface area contributed by atoms with E-state index in [-0.39, 0.29) is 5.75 Å². The molecule has 0 bridgehead atoms. The minimum Gasteiger partial charge on any atom is -0.504 e. The number of hydrogen-bond acceptors (Lipinski definition) is 3. The van der Waals surface area contributed by atoms with Crippen molar-refractivity contribution in [3.8, 4) is 11.5 Å². The van der Waals surface area contributed by atoms with E-state index in [9.17, 15) is 9.90 Å². The fourth-order valence-corrected chi connectivity index (χ4v) is 1.76. The number of phenolic OH excluding ortho intramolecular Hbond substituents is 1. The number of hydrogen-bond donors (Lipinski definition) is 2. The molecule has 0 aromatic heterocycles. The minimum absolute atomic E-state index is 0.0726. The van der Waals surface area contributed by atoms with Crippen molar-refractivity contribution in [1.82, 2.24) is 0 Å². The van der Waals surface area contributed by atoms with Crippen molar-refractivity contribution in [3.05, 3.63) is 29.8 Å². The molecule has 0 unspecified atom stereocenters. The highest BCUT2D eigenvalue weighted by molar-refractivity contribution is 5.90. The molecule has 2 N–H and O–H groups in total. The predicted octanol–water partition coefficient (Wildman–Crippen LogP) is 3.45. The molecule has 1 aromatic carbocycles. The molecule has 104 valence electrons. The van der Waals surface area contributed by atoms with E-state index in [1.807, 2.05) is 13.8 Å². The van der Waals surface area contributed by atoms with Crippen molar-refractivity contribution in [2.45, 2.75) is 33.1 Å². The zero-order valence-electron chi connectivity index (χ0n) is 11.3. The Morgan fingerprint density at radius 3 is 2.63 bits per heavy atom. The molecule has 0 aliphatic rings. The third-order valence-electron chi connectivity index (χ3n) is 2.61. The average molecular weight is 264 g/mol. The van der Waals surface area contributed by atoms with Crippen LogP contribution in [-0.4, -0.2) is 22.8 Å². The number of aromatic hydroxyl groups is 1. The van der Waals surface area contributed by atoms with E-state index in [2.05, 4.69) is 0 Å². The number of phenols is 1. The molecule has 0 fully saturated rings. The smallest absolute Gasteiger partial charge is 0.328 e. The van der Waals surface area contributed by atoms with E-state index in [1.54, 1.807) is 12.1 Å². The Hall–Kier alpha value is -1.97. The molecule has 4 heteroatoms.